The Balaban J connectivity index is 1.07. The molecule has 2 aromatic carbocycles. The molecule has 0 atom stereocenters. The first kappa shape index (κ1) is 23.8. The monoisotopic (exact) mass is 497 g/mol. The molecule has 7 nitrogen and oxygen atoms in total. The molecule has 0 saturated carbocycles. The quantitative estimate of drug-likeness (QED) is 0.588. The van der Waals surface area contributed by atoms with Crippen LogP contribution in [0.3, 0.4) is 0 Å². The van der Waals surface area contributed by atoms with Crippen molar-refractivity contribution in [2.24, 2.45) is 0 Å². The van der Waals surface area contributed by atoms with Gasteiger partial charge in [0.2, 0.25) is 5.91 Å². The normalized spacial score (nSPS) is 17.8. The van der Waals surface area contributed by atoms with Crippen LogP contribution in [0.25, 0.3) is 10.9 Å². The van der Waals surface area contributed by atoms with Crippen molar-refractivity contribution >= 4 is 34.3 Å². The van der Waals surface area contributed by atoms with Crippen LogP contribution in [-0.2, 0) is 11.3 Å². The van der Waals surface area contributed by atoms with Crippen LogP contribution in [0.5, 0.6) is 0 Å². The first-order valence-corrected chi connectivity index (χ1v) is 12.4. The maximum absolute atomic E-state index is 14.1. The number of hydrogen-bond donors (Lipinski definition) is 1. The predicted molar refractivity (Wildman–Crippen MR) is 134 cm³/mol. The third-order valence-electron chi connectivity index (χ3n) is 6.95. The van der Waals surface area contributed by atoms with Crippen molar-refractivity contribution in [2.45, 2.75) is 6.54 Å². The SMILES string of the molecule is O=C(CN1CCN(C(=O)c2cc3ccccc3[nH]2)CC1)N1CCN(Cc2c(F)cccc2Cl)CC1. The highest BCUT2D eigenvalue weighted by molar-refractivity contribution is 6.31. The van der Waals surface area contributed by atoms with Gasteiger partial charge >= 0.3 is 0 Å². The molecule has 1 aromatic heterocycles. The van der Waals surface area contributed by atoms with Crippen LogP contribution in [0.4, 0.5) is 4.39 Å². The third kappa shape index (κ3) is 5.34. The van der Waals surface area contributed by atoms with Crippen molar-refractivity contribution in [1.82, 2.24) is 24.6 Å². The number of nitrogens with one attached hydrogen (secondary N) is 1. The molecule has 0 bridgehead atoms. The Morgan fingerprint density at radius 3 is 2.26 bits per heavy atom. The standard InChI is InChI=1S/C26H29ClFN5O2/c27-21-5-3-6-22(28)20(21)17-30-8-12-32(13-9-30)25(34)18-31-10-14-33(15-11-31)26(35)24-16-19-4-1-2-7-23(19)29-24/h1-7,16,29H,8-15,17-18H2. The zero-order chi connectivity index (χ0) is 24.4. The maximum Gasteiger partial charge on any atom is 0.270 e. The van der Waals surface area contributed by atoms with E-state index in [4.69, 9.17) is 11.6 Å². The average Bonchev–Trinajstić information content (AvgIpc) is 3.31. The lowest BCUT2D eigenvalue weighted by Gasteiger charge is -2.38. The van der Waals surface area contributed by atoms with Gasteiger partial charge in [0.05, 0.1) is 6.54 Å². The summed E-state index contributed by atoms with van der Waals surface area (Å²) in [6.07, 6.45) is 0. The van der Waals surface area contributed by atoms with E-state index in [1.165, 1.54) is 6.07 Å². The number of H-pyrrole nitrogens is 1. The molecule has 3 aromatic rings. The molecule has 2 saturated heterocycles. The molecule has 9 heteroatoms. The highest BCUT2D eigenvalue weighted by atomic mass is 35.5. The number of fused-ring (bicyclic) bond motifs is 1. The zero-order valence-electron chi connectivity index (χ0n) is 19.6. The Morgan fingerprint density at radius 2 is 1.54 bits per heavy atom. The number of amides is 2. The first-order chi connectivity index (χ1) is 17.0. The van der Waals surface area contributed by atoms with E-state index in [2.05, 4.69) is 14.8 Å². The molecule has 0 unspecified atom stereocenters. The average molecular weight is 498 g/mol. The summed E-state index contributed by atoms with van der Waals surface area (Å²) in [5.74, 6) is -0.194. The van der Waals surface area contributed by atoms with Crippen molar-refractivity contribution in [3.63, 3.8) is 0 Å². The maximum atomic E-state index is 14.1. The minimum Gasteiger partial charge on any atom is -0.351 e. The summed E-state index contributed by atoms with van der Waals surface area (Å²) in [7, 11) is 0. The van der Waals surface area contributed by atoms with Crippen LogP contribution in [0, 0.1) is 5.82 Å². The number of benzene rings is 2. The summed E-state index contributed by atoms with van der Waals surface area (Å²) in [6, 6.07) is 14.5. The zero-order valence-corrected chi connectivity index (χ0v) is 20.3. The van der Waals surface area contributed by atoms with Gasteiger partial charge in [-0.3, -0.25) is 19.4 Å². The Labute approximate surface area is 209 Å². The summed E-state index contributed by atoms with van der Waals surface area (Å²) in [5.41, 5.74) is 2.07. The number of hydrogen-bond acceptors (Lipinski definition) is 4. The molecular weight excluding hydrogens is 469 g/mol. The molecule has 184 valence electrons. The lowest BCUT2D eigenvalue weighted by molar-refractivity contribution is -0.134. The van der Waals surface area contributed by atoms with Gasteiger partial charge in [0.1, 0.15) is 11.5 Å². The molecule has 2 aliphatic rings. The fourth-order valence-corrected chi connectivity index (χ4v) is 5.04. The van der Waals surface area contributed by atoms with Crippen molar-refractivity contribution in [1.29, 1.82) is 0 Å². The molecule has 2 amide bonds. The number of piperazine rings is 2. The number of nitrogens with zero attached hydrogens (tertiary/aromatic N) is 4. The Bertz CT molecular complexity index is 1160. The number of rotatable bonds is 5. The summed E-state index contributed by atoms with van der Waals surface area (Å²) in [6.45, 7) is 5.93. The lowest BCUT2D eigenvalue weighted by Crippen LogP contribution is -2.54. The highest BCUT2D eigenvalue weighted by Gasteiger charge is 2.27. The van der Waals surface area contributed by atoms with E-state index in [0.717, 1.165) is 10.9 Å². The van der Waals surface area contributed by atoms with Gasteiger partial charge < -0.3 is 14.8 Å². The van der Waals surface area contributed by atoms with Crippen LogP contribution < -0.4 is 0 Å². The Morgan fingerprint density at radius 1 is 0.857 bits per heavy atom. The van der Waals surface area contributed by atoms with E-state index in [-0.39, 0.29) is 17.6 Å². The molecule has 0 radical (unpaired) electrons. The number of halogens is 2. The number of carbonyl (C=O) groups is 2. The van der Waals surface area contributed by atoms with E-state index >= 15 is 0 Å². The van der Waals surface area contributed by atoms with Crippen LogP contribution >= 0.6 is 11.6 Å². The Hall–Kier alpha value is -2.94. The molecular formula is C26H29ClFN5O2. The minimum atomic E-state index is -0.293. The molecule has 1 N–H and O–H groups in total. The number of aromatic nitrogens is 1. The number of carbonyl (C=O) groups excluding carboxylic acids is 2. The van der Waals surface area contributed by atoms with Gasteiger partial charge in [0.25, 0.3) is 5.91 Å². The molecule has 2 fully saturated rings. The van der Waals surface area contributed by atoms with Crippen molar-refractivity contribution in [2.75, 3.05) is 58.9 Å². The van der Waals surface area contributed by atoms with Gasteiger partial charge in [0, 0.05) is 80.4 Å². The van der Waals surface area contributed by atoms with E-state index in [0.29, 0.717) is 81.7 Å². The smallest absolute Gasteiger partial charge is 0.270 e. The van der Waals surface area contributed by atoms with Crippen molar-refractivity contribution < 1.29 is 14.0 Å². The van der Waals surface area contributed by atoms with Gasteiger partial charge in [0.15, 0.2) is 0 Å². The summed E-state index contributed by atoms with van der Waals surface area (Å²) in [5, 5.41) is 1.46. The largest absolute Gasteiger partial charge is 0.351 e. The minimum absolute atomic E-state index is 0.00162. The topological polar surface area (TPSA) is 62.9 Å². The van der Waals surface area contributed by atoms with Crippen molar-refractivity contribution in [3.8, 4) is 0 Å². The second kappa shape index (κ2) is 10.4. The summed E-state index contributed by atoms with van der Waals surface area (Å²) in [4.78, 5) is 37.0. The molecule has 35 heavy (non-hydrogen) atoms. The summed E-state index contributed by atoms with van der Waals surface area (Å²) < 4.78 is 14.1. The predicted octanol–water partition coefficient (Wildman–Crippen LogP) is 3.06. The van der Waals surface area contributed by atoms with Crippen LogP contribution in [0.2, 0.25) is 5.02 Å². The highest BCUT2D eigenvalue weighted by Crippen LogP contribution is 2.21. The van der Waals surface area contributed by atoms with Gasteiger partial charge in [-0.05, 0) is 24.3 Å². The van der Waals surface area contributed by atoms with Crippen LogP contribution in [0.1, 0.15) is 16.1 Å². The third-order valence-corrected chi connectivity index (χ3v) is 7.30. The number of para-hydroxylation sites is 1. The van der Waals surface area contributed by atoms with Gasteiger partial charge in [-0.1, -0.05) is 35.9 Å². The number of aromatic amines is 1. The molecule has 2 aliphatic heterocycles. The van der Waals surface area contributed by atoms with E-state index in [1.54, 1.807) is 12.1 Å². The lowest BCUT2D eigenvalue weighted by atomic mass is 10.2. The van der Waals surface area contributed by atoms with E-state index < -0.39 is 0 Å². The second-order valence-corrected chi connectivity index (χ2v) is 9.60. The molecule has 0 aliphatic carbocycles. The van der Waals surface area contributed by atoms with Gasteiger partial charge in [-0.15, -0.1) is 0 Å². The fraction of sp³-hybridized carbons (Fsp3) is 0.385. The molecule has 0 spiro atoms. The fourth-order valence-electron chi connectivity index (χ4n) is 4.82. The summed E-state index contributed by atoms with van der Waals surface area (Å²) >= 11 is 6.16. The first-order valence-electron chi connectivity index (χ1n) is 12.0. The van der Waals surface area contributed by atoms with Crippen LogP contribution in [0.15, 0.2) is 48.5 Å². The van der Waals surface area contributed by atoms with Crippen molar-refractivity contribution in [3.05, 3.63) is 70.6 Å². The molecule has 3 heterocycles. The van der Waals surface area contributed by atoms with Gasteiger partial charge in [-0.2, -0.15) is 0 Å². The second-order valence-electron chi connectivity index (χ2n) is 9.20. The Kier molecular flexibility index (Phi) is 7.04. The van der Waals surface area contributed by atoms with Gasteiger partial charge in [-0.25, -0.2) is 4.39 Å². The van der Waals surface area contributed by atoms with E-state index in [1.807, 2.05) is 40.1 Å². The molecule has 5 rings (SSSR count). The van der Waals surface area contributed by atoms with E-state index in [9.17, 15) is 14.0 Å². The van der Waals surface area contributed by atoms with Crippen LogP contribution in [-0.4, -0.2) is 95.3 Å².